The van der Waals surface area contributed by atoms with Crippen LogP contribution in [0, 0.1) is 0 Å². The summed E-state index contributed by atoms with van der Waals surface area (Å²) >= 11 is 0. The molecule has 0 saturated heterocycles. The predicted molar refractivity (Wildman–Crippen MR) is 266 cm³/mol. The Hall–Kier alpha value is -8.60. The van der Waals surface area contributed by atoms with Crippen LogP contribution in [0.15, 0.2) is 227 Å². The summed E-state index contributed by atoms with van der Waals surface area (Å²) in [6.45, 7) is 0. The SMILES string of the molecule is c1ccc2c(c1)oc1c(-c3ccc(-n4c5ccccc5c5cc(-c6ccc7c(c6)c6ccccc6n7-c6ccc(-c7cccc8c7oc7ccccc78)cc6)ccc54)cc3)cccc12. The van der Waals surface area contributed by atoms with E-state index in [2.05, 4.69) is 203 Å². The molecule has 0 spiro atoms. The monoisotopic (exact) mass is 816 g/mol. The summed E-state index contributed by atoms with van der Waals surface area (Å²) < 4.78 is 17.6. The first-order chi connectivity index (χ1) is 31.7. The minimum absolute atomic E-state index is 0.911. The summed E-state index contributed by atoms with van der Waals surface area (Å²) in [6, 6.07) is 78.5. The van der Waals surface area contributed by atoms with Gasteiger partial charge in [0.05, 0.1) is 22.1 Å². The Kier molecular flexibility index (Phi) is 7.36. The second-order valence-corrected chi connectivity index (χ2v) is 16.8. The Morgan fingerprint density at radius 2 is 0.609 bits per heavy atom. The molecule has 4 nitrogen and oxygen atoms in total. The number of aromatic nitrogens is 2. The molecule has 14 aromatic rings. The van der Waals surface area contributed by atoms with Gasteiger partial charge in [0, 0.05) is 65.6 Å². The summed E-state index contributed by atoms with van der Waals surface area (Å²) in [6.07, 6.45) is 0. The average Bonchev–Trinajstić information content (AvgIpc) is 4.12. The van der Waals surface area contributed by atoms with Crippen molar-refractivity contribution in [1.82, 2.24) is 9.13 Å². The molecule has 0 aliphatic rings. The van der Waals surface area contributed by atoms with E-state index < -0.39 is 0 Å². The zero-order chi connectivity index (χ0) is 41.9. The number of furan rings is 2. The average molecular weight is 817 g/mol. The van der Waals surface area contributed by atoms with Gasteiger partial charge in [0.25, 0.3) is 0 Å². The Bertz CT molecular complexity index is 3900. The molecule has 4 heterocycles. The number of nitrogens with zero attached hydrogens (tertiary/aromatic N) is 2. The first-order valence-electron chi connectivity index (χ1n) is 21.8. The largest absolute Gasteiger partial charge is 0.455 e. The Balaban J connectivity index is 0.843. The van der Waals surface area contributed by atoms with Gasteiger partial charge in [-0.25, -0.2) is 0 Å². The number of hydrogen-bond donors (Lipinski definition) is 0. The summed E-state index contributed by atoms with van der Waals surface area (Å²) in [5.41, 5.74) is 17.4. The molecular formula is C60H36N2O2. The van der Waals surface area contributed by atoms with Crippen LogP contribution in [0.3, 0.4) is 0 Å². The topological polar surface area (TPSA) is 36.1 Å². The standard InChI is InChI=1S/C60H36N2O2/c1-5-19-53-45(11-1)51-35-39(27-33-55(51)61(53)41-29-23-37(24-30-41)43-15-9-17-49-47-13-3-7-21-57(47)63-59(43)49)40-28-34-56-52(36-40)46-12-2-6-20-54(46)62(56)42-31-25-38(26-32-42)44-16-10-18-50-48-14-4-8-22-58(48)64-60(44)50/h1-36H. The zero-order valence-corrected chi connectivity index (χ0v) is 34.5. The highest BCUT2D eigenvalue weighted by molar-refractivity contribution is 6.14. The summed E-state index contributed by atoms with van der Waals surface area (Å²) in [4.78, 5) is 0. The van der Waals surface area contributed by atoms with Gasteiger partial charge >= 0.3 is 0 Å². The first-order valence-corrected chi connectivity index (χ1v) is 21.8. The predicted octanol–water partition coefficient (Wildman–Crippen LogP) is 16.7. The molecule has 4 heteroatoms. The molecule has 0 bridgehead atoms. The van der Waals surface area contributed by atoms with Gasteiger partial charge in [-0.05, 0) is 95.1 Å². The van der Waals surface area contributed by atoms with Gasteiger partial charge in [-0.15, -0.1) is 0 Å². The minimum atomic E-state index is 0.911. The maximum Gasteiger partial charge on any atom is 0.143 e. The van der Waals surface area contributed by atoms with Crippen molar-refractivity contribution in [3.63, 3.8) is 0 Å². The van der Waals surface area contributed by atoms with E-state index in [1.165, 1.54) is 54.7 Å². The Morgan fingerprint density at radius 3 is 1.06 bits per heavy atom. The van der Waals surface area contributed by atoms with Crippen LogP contribution in [-0.4, -0.2) is 9.13 Å². The molecule has 0 fully saturated rings. The van der Waals surface area contributed by atoms with E-state index in [4.69, 9.17) is 8.83 Å². The Morgan fingerprint density at radius 1 is 0.250 bits per heavy atom. The lowest BCUT2D eigenvalue weighted by Gasteiger charge is -2.11. The maximum atomic E-state index is 6.40. The van der Waals surface area contributed by atoms with Crippen LogP contribution in [0.25, 0.3) is 132 Å². The smallest absolute Gasteiger partial charge is 0.143 e. The highest BCUT2D eigenvalue weighted by atomic mass is 16.3. The summed E-state index contributed by atoms with van der Waals surface area (Å²) in [5, 5.41) is 9.48. The molecule has 0 N–H and O–H groups in total. The van der Waals surface area contributed by atoms with Gasteiger partial charge in [-0.2, -0.15) is 0 Å². The van der Waals surface area contributed by atoms with Gasteiger partial charge in [0.15, 0.2) is 0 Å². The molecule has 0 aliphatic heterocycles. The summed E-state index contributed by atoms with van der Waals surface area (Å²) in [5.74, 6) is 0. The van der Waals surface area contributed by atoms with E-state index in [0.29, 0.717) is 0 Å². The van der Waals surface area contributed by atoms with Gasteiger partial charge in [0.2, 0.25) is 0 Å². The van der Waals surface area contributed by atoms with Gasteiger partial charge in [0.1, 0.15) is 22.3 Å². The number of benzene rings is 10. The van der Waals surface area contributed by atoms with Gasteiger partial charge in [-0.3, -0.25) is 0 Å². The van der Waals surface area contributed by atoms with Crippen molar-refractivity contribution in [3.05, 3.63) is 218 Å². The molecule has 298 valence electrons. The fourth-order valence-electron chi connectivity index (χ4n) is 10.4. The summed E-state index contributed by atoms with van der Waals surface area (Å²) in [7, 11) is 0. The number of para-hydroxylation sites is 6. The highest BCUT2D eigenvalue weighted by Crippen LogP contribution is 2.41. The molecule has 14 rings (SSSR count). The second-order valence-electron chi connectivity index (χ2n) is 16.8. The lowest BCUT2D eigenvalue weighted by Crippen LogP contribution is -1.94. The van der Waals surface area contributed by atoms with Crippen LogP contribution in [0.5, 0.6) is 0 Å². The van der Waals surface area contributed by atoms with E-state index >= 15 is 0 Å². The third kappa shape index (κ3) is 5.11. The van der Waals surface area contributed by atoms with Crippen LogP contribution in [-0.2, 0) is 0 Å². The fraction of sp³-hybridized carbons (Fsp3) is 0. The van der Waals surface area contributed by atoms with E-state index in [0.717, 1.165) is 77.5 Å². The van der Waals surface area contributed by atoms with Gasteiger partial charge in [-0.1, -0.05) is 146 Å². The van der Waals surface area contributed by atoms with Crippen LogP contribution in [0.1, 0.15) is 0 Å². The van der Waals surface area contributed by atoms with E-state index in [-0.39, 0.29) is 0 Å². The third-order valence-electron chi connectivity index (χ3n) is 13.4. The number of rotatable bonds is 5. The number of hydrogen-bond acceptors (Lipinski definition) is 2. The van der Waals surface area contributed by atoms with Crippen LogP contribution in [0.4, 0.5) is 0 Å². The number of fused-ring (bicyclic) bond motifs is 12. The van der Waals surface area contributed by atoms with E-state index in [9.17, 15) is 0 Å². The van der Waals surface area contributed by atoms with Crippen LogP contribution in [0.2, 0.25) is 0 Å². The molecule has 0 saturated carbocycles. The van der Waals surface area contributed by atoms with Crippen LogP contribution >= 0.6 is 0 Å². The maximum absolute atomic E-state index is 6.40. The molecule has 64 heavy (non-hydrogen) atoms. The molecule has 0 aliphatic carbocycles. The van der Waals surface area contributed by atoms with Crippen molar-refractivity contribution in [2.24, 2.45) is 0 Å². The van der Waals surface area contributed by atoms with Crippen molar-refractivity contribution >= 4 is 87.5 Å². The first kappa shape index (κ1) is 35.0. The molecule has 0 amide bonds. The Labute approximate surface area is 367 Å². The molecule has 10 aromatic carbocycles. The zero-order valence-electron chi connectivity index (χ0n) is 34.5. The van der Waals surface area contributed by atoms with Gasteiger partial charge < -0.3 is 18.0 Å². The normalized spacial score (nSPS) is 12.1. The van der Waals surface area contributed by atoms with Crippen LogP contribution < -0.4 is 0 Å². The molecule has 0 unspecified atom stereocenters. The molecule has 0 radical (unpaired) electrons. The van der Waals surface area contributed by atoms with Crippen molar-refractivity contribution in [3.8, 4) is 44.8 Å². The van der Waals surface area contributed by atoms with Crippen molar-refractivity contribution in [1.29, 1.82) is 0 Å². The molecule has 4 aromatic heterocycles. The van der Waals surface area contributed by atoms with E-state index in [1.807, 2.05) is 24.3 Å². The van der Waals surface area contributed by atoms with Crippen molar-refractivity contribution in [2.45, 2.75) is 0 Å². The fourth-order valence-corrected chi connectivity index (χ4v) is 10.4. The van der Waals surface area contributed by atoms with Crippen molar-refractivity contribution in [2.75, 3.05) is 0 Å². The third-order valence-corrected chi connectivity index (χ3v) is 13.4. The minimum Gasteiger partial charge on any atom is -0.455 e. The molecular weight excluding hydrogens is 781 g/mol. The molecule has 0 atom stereocenters. The second kappa shape index (κ2) is 13.4. The quantitative estimate of drug-likeness (QED) is 0.173. The van der Waals surface area contributed by atoms with Crippen molar-refractivity contribution < 1.29 is 8.83 Å². The lowest BCUT2D eigenvalue weighted by molar-refractivity contribution is 0.669. The highest BCUT2D eigenvalue weighted by Gasteiger charge is 2.18. The lowest BCUT2D eigenvalue weighted by atomic mass is 10.0. The van der Waals surface area contributed by atoms with E-state index in [1.54, 1.807) is 0 Å².